The van der Waals surface area contributed by atoms with E-state index >= 15 is 0 Å². The summed E-state index contributed by atoms with van der Waals surface area (Å²) in [7, 11) is 1.85. The van der Waals surface area contributed by atoms with Gasteiger partial charge in [0.05, 0.1) is 11.8 Å². The minimum atomic E-state index is 0.516. The number of aryl methyl sites for hydroxylation is 1. The Labute approximate surface area is 165 Å². The van der Waals surface area contributed by atoms with E-state index in [4.69, 9.17) is 0 Å². The van der Waals surface area contributed by atoms with E-state index in [0.29, 0.717) is 22.8 Å². The van der Waals surface area contributed by atoms with Gasteiger partial charge in [-0.15, -0.1) is 10.2 Å². The molecule has 0 atom stereocenters. The van der Waals surface area contributed by atoms with E-state index in [2.05, 4.69) is 25.6 Å². The fraction of sp³-hybridized carbons (Fsp3) is 0.316. The van der Waals surface area contributed by atoms with Crippen molar-refractivity contribution in [3.8, 4) is 11.1 Å². The smallest absolute Gasteiger partial charge is 0.242 e. The third-order valence-corrected chi connectivity index (χ3v) is 6.11. The van der Waals surface area contributed by atoms with Crippen LogP contribution in [0.3, 0.4) is 0 Å². The molecule has 5 rings (SSSR count). The first kappa shape index (κ1) is 17.1. The molecule has 1 aliphatic carbocycles. The Morgan fingerprint density at radius 3 is 2.86 bits per heavy atom. The van der Waals surface area contributed by atoms with Gasteiger partial charge >= 0.3 is 0 Å². The highest BCUT2D eigenvalue weighted by atomic mass is 32.1. The number of nitrogens with zero attached hydrogens (tertiary/aromatic N) is 6. The molecule has 142 valence electrons. The van der Waals surface area contributed by atoms with Gasteiger partial charge in [-0.1, -0.05) is 24.2 Å². The Morgan fingerprint density at radius 1 is 1.21 bits per heavy atom. The highest BCUT2D eigenvalue weighted by Crippen LogP contribution is 2.36. The molecule has 1 N–H and O–H groups in total. The lowest BCUT2D eigenvalue weighted by molar-refractivity contribution is -0.576. The van der Waals surface area contributed by atoms with Crippen LogP contribution >= 0.6 is 11.3 Å². The third kappa shape index (κ3) is 3.18. The summed E-state index contributed by atoms with van der Waals surface area (Å²) in [6.07, 6.45) is 10.1. The average molecular weight is 393 g/mol. The van der Waals surface area contributed by atoms with E-state index in [1.165, 1.54) is 25.7 Å². The van der Waals surface area contributed by atoms with Crippen molar-refractivity contribution in [2.75, 3.05) is 5.32 Å². The standard InChI is InChI=1S/C19H19N7OS/c1-25-10-14(9-20-25)13-8-15-16(26(27)11-13)6-7-17(21-15)22-19-24-23-18(28-19)12-4-2-3-5-12/h6-12H,2-5H2,1H3,(H,21,22,24). The molecule has 28 heavy (non-hydrogen) atoms. The summed E-state index contributed by atoms with van der Waals surface area (Å²) >= 11 is 1.59. The molecular weight excluding hydrogens is 374 g/mol. The Balaban J connectivity index is 1.45. The molecule has 1 saturated carbocycles. The van der Waals surface area contributed by atoms with Crippen LogP contribution in [0.2, 0.25) is 0 Å². The molecule has 1 fully saturated rings. The molecule has 0 saturated heterocycles. The molecule has 1 aliphatic rings. The topological polar surface area (TPSA) is 95.5 Å². The Morgan fingerprint density at radius 2 is 2.07 bits per heavy atom. The molecule has 0 aliphatic heterocycles. The minimum Gasteiger partial charge on any atom is -0.618 e. The highest BCUT2D eigenvalue weighted by Gasteiger charge is 2.21. The number of hydrogen-bond acceptors (Lipinski definition) is 7. The number of rotatable bonds is 4. The Kier molecular flexibility index (Phi) is 4.16. The van der Waals surface area contributed by atoms with Crippen molar-refractivity contribution in [3.63, 3.8) is 0 Å². The lowest BCUT2D eigenvalue weighted by atomic mass is 10.1. The van der Waals surface area contributed by atoms with Crippen LogP contribution in [-0.4, -0.2) is 25.0 Å². The van der Waals surface area contributed by atoms with Crippen LogP contribution in [0.5, 0.6) is 0 Å². The van der Waals surface area contributed by atoms with Gasteiger partial charge in [0, 0.05) is 30.8 Å². The summed E-state index contributed by atoms with van der Waals surface area (Å²) in [6, 6.07) is 5.46. The van der Waals surface area contributed by atoms with E-state index in [1.807, 2.05) is 19.3 Å². The summed E-state index contributed by atoms with van der Waals surface area (Å²) in [4.78, 5) is 4.61. The zero-order chi connectivity index (χ0) is 19.1. The number of hydrogen-bond donors (Lipinski definition) is 1. The van der Waals surface area contributed by atoms with Crippen LogP contribution in [0.25, 0.3) is 22.2 Å². The second-order valence-electron chi connectivity index (χ2n) is 7.11. The van der Waals surface area contributed by atoms with Crippen molar-refractivity contribution in [2.24, 2.45) is 7.05 Å². The fourth-order valence-corrected chi connectivity index (χ4v) is 4.59. The van der Waals surface area contributed by atoms with Crippen LogP contribution in [0.4, 0.5) is 10.9 Å². The maximum absolute atomic E-state index is 12.4. The number of nitrogens with one attached hydrogen (secondary N) is 1. The van der Waals surface area contributed by atoms with Crippen molar-refractivity contribution in [1.82, 2.24) is 25.0 Å². The Bertz CT molecular complexity index is 1150. The largest absolute Gasteiger partial charge is 0.618 e. The van der Waals surface area contributed by atoms with Gasteiger partial charge in [0.1, 0.15) is 16.3 Å². The molecule has 8 nitrogen and oxygen atoms in total. The van der Waals surface area contributed by atoms with Gasteiger partial charge in [-0.3, -0.25) is 4.68 Å². The molecule has 0 radical (unpaired) electrons. The molecule has 4 aromatic heterocycles. The van der Waals surface area contributed by atoms with E-state index in [-0.39, 0.29) is 0 Å². The maximum Gasteiger partial charge on any atom is 0.242 e. The van der Waals surface area contributed by atoms with Crippen molar-refractivity contribution in [3.05, 3.63) is 47.0 Å². The van der Waals surface area contributed by atoms with E-state index < -0.39 is 0 Å². The molecule has 4 heterocycles. The van der Waals surface area contributed by atoms with Gasteiger partial charge < -0.3 is 10.5 Å². The van der Waals surface area contributed by atoms with Crippen LogP contribution in [0.15, 0.2) is 36.8 Å². The van der Waals surface area contributed by atoms with E-state index in [1.54, 1.807) is 40.5 Å². The van der Waals surface area contributed by atoms with Crippen LogP contribution in [0, 0.1) is 5.21 Å². The lowest BCUT2D eigenvalue weighted by Crippen LogP contribution is -2.26. The zero-order valence-electron chi connectivity index (χ0n) is 15.4. The second kappa shape index (κ2) is 6.83. The van der Waals surface area contributed by atoms with E-state index in [9.17, 15) is 5.21 Å². The first-order chi connectivity index (χ1) is 13.7. The van der Waals surface area contributed by atoms with Gasteiger partial charge in [0.25, 0.3) is 0 Å². The molecule has 4 aromatic rings. The summed E-state index contributed by atoms with van der Waals surface area (Å²) in [6.45, 7) is 0. The van der Waals surface area contributed by atoms with Gasteiger partial charge in [-0.05, 0) is 25.0 Å². The van der Waals surface area contributed by atoms with Gasteiger partial charge in [-0.2, -0.15) is 9.83 Å². The minimum absolute atomic E-state index is 0.516. The van der Waals surface area contributed by atoms with Gasteiger partial charge in [0.2, 0.25) is 10.6 Å². The van der Waals surface area contributed by atoms with Crippen LogP contribution in [0.1, 0.15) is 36.6 Å². The monoisotopic (exact) mass is 393 g/mol. The zero-order valence-corrected chi connectivity index (χ0v) is 16.2. The highest BCUT2D eigenvalue weighted by molar-refractivity contribution is 7.15. The first-order valence-corrected chi connectivity index (χ1v) is 10.1. The lowest BCUT2D eigenvalue weighted by Gasteiger charge is -2.06. The third-order valence-electron chi connectivity index (χ3n) is 5.11. The predicted molar refractivity (Wildman–Crippen MR) is 107 cm³/mol. The van der Waals surface area contributed by atoms with Crippen molar-refractivity contribution in [1.29, 1.82) is 0 Å². The quantitative estimate of drug-likeness (QED) is 0.421. The predicted octanol–water partition coefficient (Wildman–Crippen LogP) is 3.52. The second-order valence-corrected chi connectivity index (χ2v) is 8.12. The molecule has 0 unspecified atom stereocenters. The number of anilines is 2. The van der Waals surface area contributed by atoms with E-state index in [0.717, 1.165) is 26.0 Å². The van der Waals surface area contributed by atoms with Crippen molar-refractivity contribution in [2.45, 2.75) is 31.6 Å². The fourth-order valence-electron chi connectivity index (χ4n) is 3.67. The molecule has 0 spiro atoms. The summed E-state index contributed by atoms with van der Waals surface area (Å²) in [5.41, 5.74) is 2.78. The van der Waals surface area contributed by atoms with Crippen LogP contribution < -0.4 is 10.0 Å². The van der Waals surface area contributed by atoms with Gasteiger partial charge in [0.15, 0.2) is 6.20 Å². The summed E-state index contributed by atoms with van der Waals surface area (Å²) in [5.74, 6) is 1.18. The molecule has 0 aromatic carbocycles. The van der Waals surface area contributed by atoms with Gasteiger partial charge in [-0.25, -0.2) is 4.98 Å². The number of fused-ring (bicyclic) bond motifs is 1. The summed E-state index contributed by atoms with van der Waals surface area (Å²) < 4.78 is 2.55. The summed E-state index contributed by atoms with van der Waals surface area (Å²) in [5, 5.41) is 30.2. The molecule has 0 amide bonds. The number of aromatic nitrogens is 6. The average Bonchev–Trinajstić information content (AvgIpc) is 3.42. The molecular formula is C19H19N7OS. The normalized spacial score (nSPS) is 14.8. The first-order valence-electron chi connectivity index (χ1n) is 9.29. The molecule has 9 heteroatoms. The maximum atomic E-state index is 12.4. The SMILES string of the molecule is Cn1cc(-c2cc3nc(Nc4nnc(C5CCCC5)s4)ccc3[n+]([O-])c2)cn1. The van der Waals surface area contributed by atoms with Crippen molar-refractivity contribution < 1.29 is 4.73 Å². The number of pyridine rings is 2. The van der Waals surface area contributed by atoms with Crippen LogP contribution in [-0.2, 0) is 7.05 Å². The Hall–Kier alpha value is -3.07. The molecule has 0 bridgehead atoms. The van der Waals surface area contributed by atoms with Crippen molar-refractivity contribution >= 4 is 33.3 Å².